The summed E-state index contributed by atoms with van der Waals surface area (Å²) in [6.45, 7) is 10.1. The normalized spacial score (nSPS) is 26.3. The Balaban J connectivity index is 1.53. The van der Waals surface area contributed by atoms with E-state index >= 15 is 0 Å². The summed E-state index contributed by atoms with van der Waals surface area (Å²) in [4.78, 5) is 40.1. The second-order valence-corrected chi connectivity index (χ2v) is 15.5. The van der Waals surface area contributed by atoms with Crippen molar-refractivity contribution >= 4 is 53.1 Å². The minimum atomic E-state index is -4.77. The zero-order valence-electron chi connectivity index (χ0n) is 24.9. The molecule has 44 heavy (non-hydrogen) atoms. The first-order valence-electron chi connectivity index (χ1n) is 14.0. The highest BCUT2D eigenvalue weighted by Crippen LogP contribution is 2.69. The number of amides is 2. The number of nitrogens with zero attached hydrogens (tertiary/aromatic N) is 1. The van der Waals surface area contributed by atoms with E-state index in [1.54, 1.807) is 59.7 Å². The summed E-state index contributed by atoms with van der Waals surface area (Å²) in [5, 5.41) is -1.04. The summed E-state index contributed by atoms with van der Waals surface area (Å²) in [6, 6.07) is 8.00. The molecule has 13 heteroatoms. The van der Waals surface area contributed by atoms with E-state index < -0.39 is 63.6 Å². The molecular formula is C31H32Cl2F3NO6S. The molecule has 2 amide bonds. The molecule has 2 aromatic rings. The van der Waals surface area contributed by atoms with Gasteiger partial charge in [-0.05, 0) is 94.8 Å². The predicted molar refractivity (Wildman–Crippen MR) is 160 cm³/mol. The van der Waals surface area contributed by atoms with E-state index in [1.165, 1.54) is 18.2 Å². The van der Waals surface area contributed by atoms with Crippen LogP contribution in [-0.4, -0.2) is 45.7 Å². The zero-order valence-corrected chi connectivity index (χ0v) is 27.3. The summed E-state index contributed by atoms with van der Waals surface area (Å²) in [7, 11) is 0. The molecule has 2 saturated heterocycles. The smallest absolute Gasteiger partial charge is 0.420 e. The number of esters is 1. The van der Waals surface area contributed by atoms with Crippen LogP contribution in [0.1, 0.15) is 82.7 Å². The lowest BCUT2D eigenvalue weighted by molar-refractivity contribution is -0.204. The number of aryl methyl sites for hydroxylation is 1. The first kappa shape index (κ1) is 32.8. The minimum Gasteiger partial charge on any atom is -0.451 e. The topological polar surface area (TPSA) is 82.1 Å². The van der Waals surface area contributed by atoms with Crippen molar-refractivity contribution in [3.05, 3.63) is 68.7 Å². The van der Waals surface area contributed by atoms with E-state index in [9.17, 15) is 27.6 Å². The van der Waals surface area contributed by atoms with Crippen molar-refractivity contribution in [2.24, 2.45) is 0 Å². The van der Waals surface area contributed by atoms with Gasteiger partial charge in [-0.3, -0.25) is 4.79 Å². The summed E-state index contributed by atoms with van der Waals surface area (Å²) in [6.07, 6.45) is -6.35. The number of halogens is 5. The van der Waals surface area contributed by atoms with Crippen LogP contribution in [0.15, 0.2) is 36.4 Å². The lowest BCUT2D eigenvalue weighted by Crippen LogP contribution is -2.55. The number of hydrogen-bond acceptors (Lipinski definition) is 7. The van der Waals surface area contributed by atoms with Crippen molar-refractivity contribution in [1.82, 2.24) is 4.90 Å². The number of carbonyl (C=O) groups excluding carboxylic acids is 3. The molecule has 2 aliphatic heterocycles. The first-order valence-corrected chi connectivity index (χ1v) is 15.6. The Labute approximate surface area is 267 Å². The number of benzene rings is 2. The average molecular weight is 675 g/mol. The van der Waals surface area contributed by atoms with E-state index in [2.05, 4.69) is 0 Å². The highest BCUT2D eigenvalue weighted by atomic mass is 35.5. The van der Waals surface area contributed by atoms with E-state index in [0.717, 1.165) is 4.90 Å². The Morgan fingerprint density at radius 1 is 0.932 bits per heavy atom. The van der Waals surface area contributed by atoms with Crippen LogP contribution in [0, 0.1) is 0 Å². The second kappa shape index (κ2) is 10.7. The van der Waals surface area contributed by atoms with Crippen LogP contribution in [0.4, 0.5) is 22.8 Å². The molecule has 1 aliphatic carbocycles. The Hall–Kier alpha value is -2.63. The summed E-state index contributed by atoms with van der Waals surface area (Å²) >= 11 is 12.7. The molecular weight excluding hydrogens is 642 g/mol. The molecule has 0 aromatic heterocycles. The van der Waals surface area contributed by atoms with E-state index in [0.29, 0.717) is 41.3 Å². The van der Waals surface area contributed by atoms with E-state index in [4.69, 9.17) is 37.4 Å². The quantitative estimate of drug-likeness (QED) is 0.238. The van der Waals surface area contributed by atoms with Crippen molar-refractivity contribution in [1.29, 1.82) is 0 Å². The molecule has 0 saturated carbocycles. The van der Waals surface area contributed by atoms with Gasteiger partial charge in [0.05, 0.1) is 6.04 Å². The third kappa shape index (κ3) is 5.75. The Bertz CT molecular complexity index is 1490. The molecule has 3 aliphatic rings. The number of carbonyl (C=O) groups is 3. The Morgan fingerprint density at radius 2 is 1.50 bits per heavy atom. The van der Waals surface area contributed by atoms with Crippen LogP contribution in [0.3, 0.4) is 0 Å². The molecule has 5 rings (SSSR count). The van der Waals surface area contributed by atoms with Crippen LogP contribution in [-0.2, 0) is 35.8 Å². The molecule has 2 fully saturated rings. The van der Waals surface area contributed by atoms with E-state index in [-0.39, 0.29) is 15.6 Å². The number of thioether (sulfide) groups is 1. The van der Waals surface area contributed by atoms with Gasteiger partial charge in [-0.2, -0.15) is 13.2 Å². The number of alkyl halides is 3. The fourth-order valence-electron chi connectivity index (χ4n) is 5.98. The van der Waals surface area contributed by atoms with Crippen molar-refractivity contribution < 1.29 is 41.8 Å². The molecule has 2 aromatic carbocycles. The number of imide groups is 1. The molecule has 2 heterocycles. The van der Waals surface area contributed by atoms with Gasteiger partial charge in [0.15, 0.2) is 5.60 Å². The van der Waals surface area contributed by atoms with Gasteiger partial charge in [-0.25, -0.2) is 14.5 Å². The van der Waals surface area contributed by atoms with Gasteiger partial charge in [-0.1, -0.05) is 41.4 Å². The molecule has 0 N–H and O–H groups in total. The standard InChI is InChI=1S/C31H32Cl2F3NO6S/c1-27(2,3)42-25(39)37(26(40)43-28(4,5)6)22-10-7-16-11-17(8-9-21(16)22)29-15-30(31(34,35)36,44-23(29)24(38)41-29)18-12-19(32)14-20(33)13-18/h8-9,11-14,22-23H,7,10,15H2,1-6H3. The van der Waals surface area contributed by atoms with Gasteiger partial charge in [-0.15, -0.1) is 11.8 Å². The molecule has 4 atom stereocenters. The van der Waals surface area contributed by atoms with Crippen LogP contribution < -0.4 is 0 Å². The monoisotopic (exact) mass is 673 g/mol. The Morgan fingerprint density at radius 3 is 2.00 bits per heavy atom. The second-order valence-electron chi connectivity index (χ2n) is 13.3. The summed E-state index contributed by atoms with van der Waals surface area (Å²) in [5.41, 5.74) is -1.76. The van der Waals surface area contributed by atoms with Crippen LogP contribution in [0.5, 0.6) is 0 Å². The third-order valence-electron chi connectivity index (χ3n) is 7.71. The highest BCUT2D eigenvalue weighted by molar-refractivity contribution is 8.02. The third-order valence-corrected chi connectivity index (χ3v) is 9.97. The van der Waals surface area contributed by atoms with Crippen molar-refractivity contribution in [3.8, 4) is 0 Å². The zero-order chi connectivity index (χ0) is 32.6. The van der Waals surface area contributed by atoms with Crippen molar-refractivity contribution in [2.45, 2.75) is 99.8 Å². The summed E-state index contributed by atoms with van der Waals surface area (Å²) < 4.78 is 59.0. The largest absolute Gasteiger partial charge is 0.451 e. The number of ether oxygens (including phenoxy) is 3. The fraction of sp³-hybridized carbons (Fsp3) is 0.516. The van der Waals surface area contributed by atoms with Crippen LogP contribution >= 0.6 is 35.0 Å². The van der Waals surface area contributed by atoms with Crippen molar-refractivity contribution in [2.75, 3.05) is 0 Å². The minimum absolute atomic E-state index is 0.0420. The maximum Gasteiger partial charge on any atom is 0.420 e. The summed E-state index contributed by atoms with van der Waals surface area (Å²) in [5.74, 6) is -0.742. The number of rotatable bonds is 3. The molecule has 0 spiro atoms. The van der Waals surface area contributed by atoms with Gasteiger partial charge in [0.1, 0.15) is 21.2 Å². The molecule has 4 unspecified atom stereocenters. The molecule has 0 radical (unpaired) electrons. The van der Waals surface area contributed by atoms with Gasteiger partial charge in [0, 0.05) is 16.5 Å². The number of hydrogen-bond donors (Lipinski definition) is 0. The average Bonchev–Trinajstić information content (AvgIpc) is 3.38. The lowest BCUT2D eigenvalue weighted by Gasteiger charge is -2.43. The van der Waals surface area contributed by atoms with Gasteiger partial charge < -0.3 is 14.2 Å². The van der Waals surface area contributed by atoms with Crippen LogP contribution in [0.2, 0.25) is 10.0 Å². The molecule has 238 valence electrons. The fourth-order valence-corrected chi connectivity index (χ4v) is 8.20. The van der Waals surface area contributed by atoms with Crippen molar-refractivity contribution in [3.63, 3.8) is 0 Å². The van der Waals surface area contributed by atoms with Gasteiger partial charge in [0.2, 0.25) is 0 Å². The first-order chi connectivity index (χ1) is 20.2. The predicted octanol–water partition coefficient (Wildman–Crippen LogP) is 8.87. The SMILES string of the molecule is CC(C)(C)OC(=O)N(C(=O)OC(C)(C)C)C1CCc2cc(C34CC(c5cc(Cl)cc(Cl)c5)(C(F)(F)F)SC3C(=O)O4)ccc21. The Kier molecular flexibility index (Phi) is 7.99. The van der Waals surface area contributed by atoms with E-state index in [1.807, 2.05) is 0 Å². The number of fused-ring (bicyclic) bond motifs is 2. The highest BCUT2D eigenvalue weighted by Gasteiger charge is 2.75. The van der Waals surface area contributed by atoms with Gasteiger partial charge >= 0.3 is 24.3 Å². The maximum absolute atomic E-state index is 14.9. The molecule has 0 bridgehead atoms. The molecule has 7 nitrogen and oxygen atoms in total. The maximum atomic E-state index is 14.9. The van der Waals surface area contributed by atoms with Crippen LogP contribution in [0.25, 0.3) is 0 Å². The van der Waals surface area contributed by atoms with Gasteiger partial charge in [0.25, 0.3) is 0 Å². The lowest BCUT2D eigenvalue weighted by atomic mass is 9.76.